The zero-order valence-electron chi connectivity index (χ0n) is 7.59. The molecule has 0 unspecified atom stereocenters. The van der Waals surface area contributed by atoms with Crippen LogP contribution in [0.2, 0.25) is 0 Å². The van der Waals surface area contributed by atoms with Gasteiger partial charge in [-0.2, -0.15) is 0 Å². The normalized spacial score (nSPS) is 9.93. The summed E-state index contributed by atoms with van der Waals surface area (Å²) in [6, 6.07) is 0. The fraction of sp³-hybridized carbons (Fsp3) is 0. The third-order valence-electron chi connectivity index (χ3n) is 0.167. The van der Waals surface area contributed by atoms with Gasteiger partial charge in [0, 0.05) is 0 Å². The van der Waals surface area contributed by atoms with Gasteiger partial charge in [0.1, 0.15) is 0 Å². The molecule has 0 atom stereocenters. The van der Waals surface area contributed by atoms with Crippen molar-refractivity contribution in [3.63, 3.8) is 0 Å². The van der Waals surface area contributed by atoms with E-state index in [0.29, 0.717) is 0 Å². The fourth-order valence-electron chi connectivity index (χ4n) is 0.102. The Labute approximate surface area is 174 Å². The predicted molar refractivity (Wildman–Crippen MR) is 16.2 cm³/mol. The van der Waals surface area contributed by atoms with Gasteiger partial charge in [0.2, 0.25) is 0 Å². The minimum atomic E-state index is -6.07. The van der Waals surface area contributed by atoms with Gasteiger partial charge in [-0.1, -0.05) is 0 Å². The summed E-state index contributed by atoms with van der Waals surface area (Å²) in [6.45, 7) is 0. The van der Waals surface area contributed by atoms with Crippen molar-refractivity contribution in [2.75, 3.05) is 0 Å². The second kappa shape index (κ2) is 12.4. The first-order valence-corrected chi connectivity index (χ1v) is 6.27. The molecule has 0 heterocycles. The summed E-state index contributed by atoms with van der Waals surface area (Å²) in [7, 11) is -2.17. The molecule has 0 spiro atoms. The summed E-state index contributed by atoms with van der Waals surface area (Å²) >= 11 is -12.1. The molecule has 0 aliphatic rings. The fourth-order valence-corrected chi connectivity index (χ4v) is 1.74. The van der Waals surface area contributed by atoms with Crippen molar-refractivity contribution >= 4 is 7.32 Å². The number of rotatable bonds is 2. The molecule has 0 radical (unpaired) electrons. The Morgan fingerprint density at radius 2 is 1.00 bits per heavy atom. The molecule has 15 heteroatoms. The van der Waals surface area contributed by atoms with Gasteiger partial charge in [0.05, 0.1) is 0 Å². The molecule has 0 fully saturated rings. The Balaban J connectivity index is -0.0000000883. The molecule has 0 aromatic carbocycles. The van der Waals surface area contributed by atoms with Gasteiger partial charge in [-0.05, 0) is 0 Å². The van der Waals surface area contributed by atoms with Gasteiger partial charge in [-0.3, -0.25) is 0 Å². The Hall–Kier alpha value is 3.36. The molecule has 0 aromatic heterocycles. The van der Waals surface area contributed by atoms with E-state index in [1.54, 1.807) is 0 Å². The SMILES string of the molecule is OB(O)O.[K+].[K+].[O]=[Cr](=[O])([O-])[O][Cr](=[O])(=[O])[O-]. The van der Waals surface area contributed by atoms with Gasteiger partial charge in [0.25, 0.3) is 0 Å². The van der Waals surface area contributed by atoms with Crippen LogP contribution in [0.4, 0.5) is 0 Å². The first kappa shape index (κ1) is 26.8. The Morgan fingerprint density at radius 3 is 1.00 bits per heavy atom. The van der Waals surface area contributed by atoms with Crippen LogP contribution in [0.25, 0.3) is 0 Å². The molecule has 0 amide bonds. The van der Waals surface area contributed by atoms with Crippen molar-refractivity contribution in [1.82, 2.24) is 0 Å². The van der Waals surface area contributed by atoms with Crippen molar-refractivity contribution in [1.29, 1.82) is 0 Å². The van der Waals surface area contributed by atoms with Crippen LogP contribution in [0.1, 0.15) is 0 Å². The summed E-state index contributed by atoms with van der Waals surface area (Å²) in [5, 5.41) is 21.5. The second-order valence-electron chi connectivity index (χ2n) is 1.23. The minimum absolute atomic E-state index is 0. The molecular formula is H3BCr2K2O10. The van der Waals surface area contributed by atoms with E-state index in [2.05, 4.69) is 2.84 Å². The van der Waals surface area contributed by atoms with Crippen LogP contribution in [0.5, 0.6) is 0 Å². The molecule has 0 saturated heterocycles. The second-order valence-corrected chi connectivity index (χ2v) is 4.87. The van der Waals surface area contributed by atoms with Gasteiger partial charge in [-0.15, -0.1) is 0 Å². The van der Waals surface area contributed by atoms with Crippen molar-refractivity contribution in [3.8, 4) is 0 Å². The number of hydrogen-bond donors (Lipinski definition) is 3. The van der Waals surface area contributed by atoms with Gasteiger partial charge >= 0.3 is 164 Å². The Bertz CT molecular complexity index is 281. The van der Waals surface area contributed by atoms with E-state index in [1.807, 2.05) is 0 Å². The van der Waals surface area contributed by atoms with E-state index in [4.69, 9.17) is 15.1 Å². The molecular weight excluding hydrogens is 353 g/mol. The van der Waals surface area contributed by atoms with E-state index in [0.717, 1.165) is 0 Å². The van der Waals surface area contributed by atoms with E-state index < -0.39 is 34.5 Å². The average Bonchev–Trinajstić information content (AvgIpc) is 1.47. The van der Waals surface area contributed by atoms with E-state index in [1.165, 1.54) is 0 Å². The standard InChI is InChI=1S/BH3O3.2Cr.2K.7O/c2-1(3)4;;;;;;;;;;;/h2-4H;;;;;;;;;;;/q;;;2*+1;;;;;;2*-1. The van der Waals surface area contributed by atoms with Crippen LogP contribution in [0.15, 0.2) is 0 Å². The van der Waals surface area contributed by atoms with Crippen LogP contribution in [-0.2, 0) is 45.3 Å². The summed E-state index contributed by atoms with van der Waals surface area (Å²) in [6.07, 6.45) is 0. The molecule has 0 saturated carbocycles. The molecule has 0 aliphatic carbocycles. The van der Waals surface area contributed by atoms with E-state index in [-0.39, 0.29) is 103 Å². The van der Waals surface area contributed by atoms with Crippen molar-refractivity contribution in [2.24, 2.45) is 0 Å². The third-order valence-corrected chi connectivity index (χ3v) is 2.83. The zero-order chi connectivity index (χ0) is 11.3. The number of hydrogen-bond acceptors (Lipinski definition) is 10. The van der Waals surface area contributed by atoms with Gasteiger partial charge in [-0.25, -0.2) is 0 Å². The summed E-state index contributed by atoms with van der Waals surface area (Å²) in [4.78, 5) is 0. The third kappa shape index (κ3) is 46.7. The molecule has 0 aromatic rings. The molecule has 0 aliphatic heterocycles. The van der Waals surface area contributed by atoms with Crippen LogP contribution in [0, 0.1) is 0 Å². The predicted octanol–water partition coefficient (Wildman–Crippen LogP) is -11.0. The summed E-state index contributed by atoms with van der Waals surface area (Å²) in [5.74, 6) is 0. The quantitative estimate of drug-likeness (QED) is 0.401. The van der Waals surface area contributed by atoms with Crippen LogP contribution in [0.3, 0.4) is 0 Å². The van der Waals surface area contributed by atoms with Crippen molar-refractivity contribution in [3.05, 3.63) is 0 Å². The first-order chi connectivity index (χ1) is 5.44. The van der Waals surface area contributed by atoms with Crippen LogP contribution in [-0.4, -0.2) is 22.4 Å². The first-order valence-electron chi connectivity index (χ1n) is 2.11. The van der Waals surface area contributed by atoms with Crippen molar-refractivity contribution < 1.29 is 171 Å². The molecule has 0 bridgehead atoms. The Morgan fingerprint density at radius 1 is 0.867 bits per heavy atom. The topological polar surface area (TPSA) is 184 Å². The summed E-state index contributed by atoms with van der Waals surface area (Å²) in [5.41, 5.74) is 0. The molecule has 10 nitrogen and oxygen atoms in total. The molecule has 15 heavy (non-hydrogen) atoms. The molecule has 80 valence electrons. The molecule has 3 N–H and O–H groups in total. The maximum atomic E-state index is 9.38. The average molecular weight is 356 g/mol. The van der Waals surface area contributed by atoms with Gasteiger partial charge < -0.3 is 15.1 Å². The van der Waals surface area contributed by atoms with Crippen molar-refractivity contribution in [2.45, 2.75) is 0 Å². The zero-order valence-corrected chi connectivity index (χ0v) is 16.4. The van der Waals surface area contributed by atoms with Crippen LogP contribution < -0.4 is 111 Å². The van der Waals surface area contributed by atoms with Gasteiger partial charge in [0.15, 0.2) is 0 Å². The molecule has 0 rings (SSSR count). The monoisotopic (exact) mass is 356 g/mol. The van der Waals surface area contributed by atoms with E-state index >= 15 is 0 Å². The summed E-state index contributed by atoms with van der Waals surface area (Å²) < 4.78 is 58.9. The van der Waals surface area contributed by atoms with E-state index in [9.17, 15) is 23.5 Å². The maximum absolute atomic E-state index is 9.38. The van der Waals surface area contributed by atoms with Crippen LogP contribution >= 0.6 is 0 Å². The Kier molecular flexibility index (Phi) is 22.2.